The number of ether oxygens (including phenoxy) is 1. The zero-order valence-electron chi connectivity index (χ0n) is 16.1. The second kappa shape index (κ2) is 7.98. The molecule has 29 heavy (non-hydrogen) atoms. The van der Waals surface area contributed by atoms with E-state index in [0.29, 0.717) is 11.4 Å². The van der Waals surface area contributed by atoms with Gasteiger partial charge in [0.25, 0.3) is 5.91 Å². The number of rotatable bonds is 5. The Bertz CT molecular complexity index is 1030. The summed E-state index contributed by atoms with van der Waals surface area (Å²) >= 11 is 0. The first kappa shape index (κ1) is 20.4. The van der Waals surface area contributed by atoms with Gasteiger partial charge in [0, 0.05) is 11.3 Å². The molecule has 0 saturated heterocycles. The number of hydrogen-bond donors (Lipinski definition) is 2. The zero-order valence-corrected chi connectivity index (χ0v) is 16.1. The standard InChI is InChI=1S/C21H20F3N3O2/c1-12-7-8-18(17(9-12)19-10-13(2)26-27-19)25-20(28)14(3)29-16-6-4-5-15(11-16)21(22,23)24/h4-11,14H,1-3H3,(H,25,28)(H,26,27)/t14-/m1/s1. The molecule has 1 aromatic heterocycles. The summed E-state index contributed by atoms with van der Waals surface area (Å²) in [4.78, 5) is 12.6. The van der Waals surface area contributed by atoms with Crippen LogP contribution in [0.4, 0.5) is 18.9 Å². The number of anilines is 1. The third kappa shape index (κ3) is 4.96. The van der Waals surface area contributed by atoms with Gasteiger partial charge in [-0.3, -0.25) is 9.89 Å². The second-order valence-electron chi connectivity index (χ2n) is 6.76. The molecule has 1 heterocycles. The van der Waals surface area contributed by atoms with E-state index in [0.717, 1.165) is 29.0 Å². The summed E-state index contributed by atoms with van der Waals surface area (Å²) in [6.07, 6.45) is -5.49. The van der Waals surface area contributed by atoms with Gasteiger partial charge < -0.3 is 10.1 Å². The quantitative estimate of drug-likeness (QED) is 0.622. The van der Waals surface area contributed by atoms with Crippen molar-refractivity contribution >= 4 is 11.6 Å². The van der Waals surface area contributed by atoms with E-state index in [1.165, 1.54) is 19.1 Å². The molecule has 0 aliphatic carbocycles. The highest BCUT2D eigenvalue weighted by atomic mass is 19.4. The van der Waals surface area contributed by atoms with Crippen LogP contribution in [0.2, 0.25) is 0 Å². The van der Waals surface area contributed by atoms with Crippen molar-refractivity contribution in [3.05, 3.63) is 65.4 Å². The third-order valence-corrected chi connectivity index (χ3v) is 4.26. The smallest absolute Gasteiger partial charge is 0.416 e. The van der Waals surface area contributed by atoms with Gasteiger partial charge in [0.2, 0.25) is 0 Å². The number of benzene rings is 2. The first-order valence-electron chi connectivity index (χ1n) is 8.91. The molecule has 0 radical (unpaired) electrons. The first-order chi connectivity index (χ1) is 13.6. The molecular weight excluding hydrogens is 383 g/mol. The van der Waals surface area contributed by atoms with Crippen molar-refractivity contribution in [2.75, 3.05) is 5.32 Å². The van der Waals surface area contributed by atoms with E-state index in [9.17, 15) is 18.0 Å². The molecule has 1 atom stereocenters. The number of aromatic nitrogens is 2. The van der Waals surface area contributed by atoms with Gasteiger partial charge in [0.15, 0.2) is 6.10 Å². The van der Waals surface area contributed by atoms with E-state index >= 15 is 0 Å². The molecule has 5 nitrogen and oxygen atoms in total. The number of H-pyrrole nitrogens is 1. The Kier molecular flexibility index (Phi) is 5.63. The van der Waals surface area contributed by atoms with Gasteiger partial charge in [-0.05, 0) is 57.2 Å². The summed E-state index contributed by atoms with van der Waals surface area (Å²) in [6.45, 7) is 5.27. The molecule has 0 bridgehead atoms. The van der Waals surface area contributed by atoms with Crippen molar-refractivity contribution in [3.63, 3.8) is 0 Å². The summed E-state index contributed by atoms with van der Waals surface area (Å²) in [5, 5.41) is 9.86. The molecule has 0 saturated carbocycles. The van der Waals surface area contributed by atoms with E-state index in [2.05, 4.69) is 15.5 Å². The minimum absolute atomic E-state index is 0.0328. The Morgan fingerprint density at radius 2 is 1.90 bits per heavy atom. The average Bonchev–Trinajstić information content (AvgIpc) is 3.09. The van der Waals surface area contributed by atoms with Crippen LogP contribution in [-0.2, 0) is 11.0 Å². The van der Waals surface area contributed by atoms with Gasteiger partial charge in [-0.15, -0.1) is 0 Å². The van der Waals surface area contributed by atoms with Gasteiger partial charge in [0.1, 0.15) is 5.75 Å². The van der Waals surface area contributed by atoms with Crippen molar-refractivity contribution in [1.82, 2.24) is 10.2 Å². The van der Waals surface area contributed by atoms with Crippen molar-refractivity contribution in [1.29, 1.82) is 0 Å². The lowest BCUT2D eigenvalue weighted by Crippen LogP contribution is -2.30. The summed E-state index contributed by atoms with van der Waals surface area (Å²) in [7, 11) is 0. The van der Waals surface area contributed by atoms with Crippen molar-refractivity contribution in [2.45, 2.75) is 33.1 Å². The van der Waals surface area contributed by atoms with E-state index < -0.39 is 23.8 Å². The lowest BCUT2D eigenvalue weighted by Gasteiger charge is -2.17. The molecule has 0 spiro atoms. The number of aryl methyl sites for hydroxylation is 2. The van der Waals surface area contributed by atoms with Crippen LogP contribution in [0, 0.1) is 13.8 Å². The molecule has 3 rings (SSSR count). The Hall–Kier alpha value is -3.29. The largest absolute Gasteiger partial charge is 0.481 e. The number of amides is 1. The fourth-order valence-corrected chi connectivity index (χ4v) is 2.77. The fourth-order valence-electron chi connectivity index (χ4n) is 2.77. The molecule has 152 valence electrons. The van der Waals surface area contributed by atoms with Crippen molar-refractivity contribution in [2.24, 2.45) is 0 Å². The number of carbonyl (C=O) groups is 1. The Balaban J connectivity index is 1.77. The Labute approximate surface area is 165 Å². The summed E-state index contributed by atoms with van der Waals surface area (Å²) < 4.78 is 44.0. The maximum absolute atomic E-state index is 12.8. The van der Waals surface area contributed by atoms with Crippen LogP contribution in [-0.4, -0.2) is 22.2 Å². The molecule has 3 aromatic rings. The molecule has 0 aliphatic rings. The monoisotopic (exact) mass is 403 g/mol. The maximum atomic E-state index is 12.8. The lowest BCUT2D eigenvalue weighted by molar-refractivity contribution is -0.137. The van der Waals surface area contributed by atoms with E-state index in [4.69, 9.17) is 4.74 Å². The molecule has 2 aromatic carbocycles. The molecule has 8 heteroatoms. The normalized spacial score (nSPS) is 12.5. The number of nitrogens with zero attached hydrogens (tertiary/aromatic N) is 1. The van der Waals surface area contributed by atoms with Crippen LogP contribution < -0.4 is 10.1 Å². The minimum atomic E-state index is -4.48. The summed E-state index contributed by atoms with van der Waals surface area (Å²) in [5.74, 6) is -0.519. The molecule has 1 amide bonds. The summed E-state index contributed by atoms with van der Waals surface area (Å²) in [5.41, 5.74) is 2.97. The van der Waals surface area contributed by atoms with Crippen LogP contribution in [0.1, 0.15) is 23.7 Å². The van der Waals surface area contributed by atoms with Crippen LogP contribution in [0.25, 0.3) is 11.3 Å². The van der Waals surface area contributed by atoms with Crippen molar-refractivity contribution < 1.29 is 22.7 Å². The number of halogens is 3. The van der Waals surface area contributed by atoms with E-state index in [-0.39, 0.29) is 5.75 Å². The molecular formula is C21H20F3N3O2. The second-order valence-corrected chi connectivity index (χ2v) is 6.76. The van der Waals surface area contributed by atoms with E-state index in [1.54, 1.807) is 6.07 Å². The number of aromatic amines is 1. The van der Waals surface area contributed by atoms with Crippen LogP contribution in [0.5, 0.6) is 5.75 Å². The Morgan fingerprint density at radius 3 is 2.55 bits per heavy atom. The van der Waals surface area contributed by atoms with Crippen LogP contribution in [0.3, 0.4) is 0 Å². The van der Waals surface area contributed by atoms with Crippen molar-refractivity contribution in [3.8, 4) is 17.0 Å². The average molecular weight is 403 g/mol. The molecule has 0 fully saturated rings. The molecule has 0 aliphatic heterocycles. The highest BCUT2D eigenvalue weighted by Gasteiger charge is 2.31. The van der Waals surface area contributed by atoms with Crippen LogP contribution in [0.15, 0.2) is 48.5 Å². The maximum Gasteiger partial charge on any atom is 0.416 e. The number of hydrogen-bond acceptors (Lipinski definition) is 3. The van der Waals surface area contributed by atoms with Crippen LogP contribution >= 0.6 is 0 Å². The first-order valence-corrected chi connectivity index (χ1v) is 8.91. The van der Waals surface area contributed by atoms with Gasteiger partial charge in [0.05, 0.1) is 16.9 Å². The SMILES string of the molecule is Cc1ccc(NC(=O)[C@@H](C)Oc2cccc(C(F)(F)F)c2)c(-c2cc(C)[nH]n2)c1. The Morgan fingerprint density at radius 1 is 1.14 bits per heavy atom. The van der Waals surface area contributed by atoms with E-state index in [1.807, 2.05) is 32.0 Å². The predicted molar refractivity (Wildman–Crippen MR) is 104 cm³/mol. The number of nitrogens with one attached hydrogen (secondary N) is 2. The van der Waals surface area contributed by atoms with Gasteiger partial charge in [-0.2, -0.15) is 18.3 Å². The fraction of sp³-hybridized carbons (Fsp3) is 0.238. The summed E-state index contributed by atoms with van der Waals surface area (Å²) in [6, 6.07) is 11.8. The predicted octanol–water partition coefficient (Wildman–Crippen LogP) is 5.12. The number of alkyl halides is 3. The van der Waals surface area contributed by atoms with Gasteiger partial charge in [-0.1, -0.05) is 17.7 Å². The molecule has 0 unspecified atom stereocenters. The highest BCUT2D eigenvalue weighted by molar-refractivity contribution is 5.97. The zero-order chi connectivity index (χ0) is 21.2. The number of carbonyl (C=O) groups excluding carboxylic acids is 1. The van der Waals surface area contributed by atoms with Gasteiger partial charge >= 0.3 is 6.18 Å². The topological polar surface area (TPSA) is 67.0 Å². The third-order valence-electron chi connectivity index (χ3n) is 4.26. The lowest BCUT2D eigenvalue weighted by atomic mass is 10.1. The van der Waals surface area contributed by atoms with Gasteiger partial charge in [-0.25, -0.2) is 0 Å². The minimum Gasteiger partial charge on any atom is -0.481 e. The highest BCUT2D eigenvalue weighted by Crippen LogP contribution is 2.32. The molecule has 2 N–H and O–H groups in total.